The van der Waals surface area contributed by atoms with E-state index in [0.717, 1.165) is 19.5 Å². The fraction of sp³-hybridized carbons (Fsp3) is 0.250. The lowest BCUT2D eigenvalue weighted by atomic mass is 9.98. The van der Waals surface area contributed by atoms with Crippen molar-refractivity contribution in [2.45, 2.75) is 13.0 Å². The average Bonchev–Trinajstić information content (AvgIpc) is 2.91. The van der Waals surface area contributed by atoms with Crippen molar-refractivity contribution < 1.29 is 4.79 Å². The molecule has 1 aliphatic heterocycles. The summed E-state index contributed by atoms with van der Waals surface area (Å²) in [6, 6.07) is 5.84. The second kappa shape index (κ2) is 4.83. The maximum atomic E-state index is 12.0. The van der Waals surface area contributed by atoms with Crippen LogP contribution in [0.25, 0.3) is 0 Å². The normalized spacial score (nSPS) is 14.0. The Kier molecular flexibility index (Phi) is 3.04. The highest BCUT2D eigenvalue weighted by molar-refractivity contribution is 7.13. The molecule has 0 fully saturated rings. The van der Waals surface area contributed by atoms with Crippen LogP contribution in [0.4, 0.5) is 5.13 Å². The van der Waals surface area contributed by atoms with Crippen LogP contribution in [-0.2, 0) is 13.0 Å². The van der Waals surface area contributed by atoms with E-state index in [4.69, 9.17) is 0 Å². The third-order valence-corrected chi connectivity index (χ3v) is 3.54. The molecule has 0 radical (unpaired) electrons. The second-order valence-corrected chi connectivity index (χ2v) is 4.94. The van der Waals surface area contributed by atoms with Crippen molar-refractivity contribution in [1.82, 2.24) is 15.5 Å². The van der Waals surface area contributed by atoms with E-state index in [2.05, 4.69) is 20.8 Å². The Labute approximate surface area is 108 Å². The van der Waals surface area contributed by atoms with Gasteiger partial charge < -0.3 is 5.32 Å². The number of amides is 1. The zero-order valence-corrected chi connectivity index (χ0v) is 10.5. The number of anilines is 1. The SMILES string of the molecule is O=C(Nc1nncs1)c1ccc2c(c1)CNCC2. The molecule has 5 nitrogen and oxygen atoms in total. The number of hydrogen-bond acceptors (Lipinski definition) is 5. The van der Waals surface area contributed by atoms with Gasteiger partial charge in [-0.05, 0) is 36.2 Å². The first kappa shape index (κ1) is 11.3. The molecular formula is C12H12N4OS. The monoisotopic (exact) mass is 260 g/mol. The second-order valence-electron chi connectivity index (χ2n) is 4.11. The molecule has 0 saturated carbocycles. The molecule has 6 heteroatoms. The Morgan fingerprint density at radius 1 is 1.39 bits per heavy atom. The lowest BCUT2D eigenvalue weighted by Crippen LogP contribution is -2.24. The quantitative estimate of drug-likeness (QED) is 0.857. The van der Waals surface area contributed by atoms with Gasteiger partial charge in [-0.25, -0.2) is 0 Å². The van der Waals surface area contributed by atoms with Crippen LogP contribution < -0.4 is 10.6 Å². The summed E-state index contributed by atoms with van der Waals surface area (Å²) in [5.41, 5.74) is 4.77. The summed E-state index contributed by atoms with van der Waals surface area (Å²) in [5, 5.41) is 14.0. The van der Waals surface area contributed by atoms with E-state index >= 15 is 0 Å². The predicted molar refractivity (Wildman–Crippen MR) is 69.7 cm³/mol. The highest BCUT2D eigenvalue weighted by atomic mass is 32.1. The van der Waals surface area contributed by atoms with Crippen LogP contribution in [0.2, 0.25) is 0 Å². The molecule has 3 rings (SSSR count). The van der Waals surface area contributed by atoms with Gasteiger partial charge in [-0.3, -0.25) is 10.1 Å². The summed E-state index contributed by atoms with van der Waals surface area (Å²) in [5.74, 6) is -0.139. The van der Waals surface area contributed by atoms with Crippen LogP contribution >= 0.6 is 11.3 Å². The predicted octanol–water partition coefficient (Wildman–Crippen LogP) is 1.44. The van der Waals surface area contributed by atoms with Crippen molar-refractivity contribution >= 4 is 22.4 Å². The molecule has 0 atom stereocenters. The summed E-state index contributed by atoms with van der Waals surface area (Å²) < 4.78 is 0. The van der Waals surface area contributed by atoms with Crippen molar-refractivity contribution in [3.05, 3.63) is 40.4 Å². The van der Waals surface area contributed by atoms with Gasteiger partial charge in [0.25, 0.3) is 5.91 Å². The fourth-order valence-electron chi connectivity index (χ4n) is 2.02. The number of fused-ring (bicyclic) bond motifs is 1. The number of carbonyl (C=O) groups excluding carboxylic acids is 1. The number of hydrogen-bond donors (Lipinski definition) is 2. The zero-order chi connectivity index (χ0) is 12.4. The Hall–Kier alpha value is -1.79. The Balaban J connectivity index is 1.81. The number of aromatic nitrogens is 2. The molecule has 2 heterocycles. The molecule has 18 heavy (non-hydrogen) atoms. The molecule has 1 amide bonds. The number of nitrogens with zero attached hydrogens (tertiary/aromatic N) is 2. The van der Waals surface area contributed by atoms with E-state index in [1.54, 1.807) is 5.51 Å². The Morgan fingerprint density at radius 3 is 3.17 bits per heavy atom. The van der Waals surface area contributed by atoms with Gasteiger partial charge in [0, 0.05) is 12.1 Å². The van der Waals surface area contributed by atoms with Crippen molar-refractivity contribution in [3.8, 4) is 0 Å². The maximum absolute atomic E-state index is 12.0. The minimum Gasteiger partial charge on any atom is -0.312 e. The van der Waals surface area contributed by atoms with E-state index in [9.17, 15) is 4.79 Å². The van der Waals surface area contributed by atoms with Gasteiger partial charge in [0.2, 0.25) is 5.13 Å². The lowest BCUT2D eigenvalue weighted by molar-refractivity contribution is 0.102. The lowest BCUT2D eigenvalue weighted by Gasteiger charge is -2.17. The topological polar surface area (TPSA) is 66.9 Å². The maximum Gasteiger partial charge on any atom is 0.257 e. The van der Waals surface area contributed by atoms with Gasteiger partial charge in [-0.15, -0.1) is 10.2 Å². The van der Waals surface area contributed by atoms with Crippen molar-refractivity contribution in [3.63, 3.8) is 0 Å². The number of carbonyl (C=O) groups is 1. The number of nitrogens with one attached hydrogen (secondary N) is 2. The van der Waals surface area contributed by atoms with Gasteiger partial charge in [0.15, 0.2) is 0 Å². The molecule has 1 aromatic heterocycles. The van der Waals surface area contributed by atoms with Crippen LogP contribution in [0, 0.1) is 0 Å². The molecular weight excluding hydrogens is 248 g/mol. The third-order valence-electron chi connectivity index (χ3n) is 2.94. The largest absolute Gasteiger partial charge is 0.312 e. The smallest absolute Gasteiger partial charge is 0.257 e. The molecule has 0 saturated heterocycles. The van der Waals surface area contributed by atoms with Gasteiger partial charge in [-0.1, -0.05) is 17.4 Å². The molecule has 2 N–H and O–H groups in total. The van der Waals surface area contributed by atoms with Gasteiger partial charge in [0.1, 0.15) is 5.51 Å². The summed E-state index contributed by atoms with van der Waals surface area (Å²) >= 11 is 1.31. The Bertz CT molecular complexity index is 567. The fourth-order valence-corrected chi connectivity index (χ4v) is 2.46. The molecule has 1 aromatic carbocycles. The minimum atomic E-state index is -0.139. The standard InChI is InChI=1S/C12H12N4OS/c17-11(15-12-16-14-7-18-12)9-2-1-8-3-4-13-6-10(8)5-9/h1-2,5,7,13H,3-4,6H2,(H,15,16,17). The van der Waals surface area contributed by atoms with Gasteiger partial charge in [-0.2, -0.15) is 0 Å². The van der Waals surface area contributed by atoms with Crippen molar-refractivity contribution in [1.29, 1.82) is 0 Å². The van der Waals surface area contributed by atoms with E-state index in [1.165, 1.54) is 22.5 Å². The summed E-state index contributed by atoms with van der Waals surface area (Å²) in [4.78, 5) is 12.0. The highest BCUT2D eigenvalue weighted by Gasteiger charge is 2.13. The van der Waals surface area contributed by atoms with E-state index in [1.807, 2.05) is 18.2 Å². The van der Waals surface area contributed by atoms with Crippen molar-refractivity contribution in [2.24, 2.45) is 0 Å². The van der Waals surface area contributed by atoms with Crippen LogP contribution in [-0.4, -0.2) is 22.6 Å². The molecule has 1 aliphatic rings. The van der Waals surface area contributed by atoms with Crippen LogP contribution in [0.15, 0.2) is 23.7 Å². The first-order chi connectivity index (χ1) is 8.83. The summed E-state index contributed by atoms with van der Waals surface area (Å²) in [7, 11) is 0. The summed E-state index contributed by atoms with van der Waals surface area (Å²) in [6.07, 6.45) is 1.02. The third kappa shape index (κ3) is 2.25. The van der Waals surface area contributed by atoms with E-state index < -0.39 is 0 Å². The highest BCUT2D eigenvalue weighted by Crippen LogP contribution is 2.17. The van der Waals surface area contributed by atoms with Crippen LogP contribution in [0.1, 0.15) is 21.5 Å². The minimum absolute atomic E-state index is 0.139. The molecule has 92 valence electrons. The molecule has 0 bridgehead atoms. The zero-order valence-electron chi connectivity index (χ0n) is 9.64. The van der Waals surface area contributed by atoms with Crippen molar-refractivity contribution in [2.75, 3.05) is 11.9 Å². The first-order valence-electron chi connectivity index (χ1n) is 5.73. The van der Waals surface area contributed by atoms with E-state index in [0.29, 0.717) is 10.7 Å². The van der Waals surface area contributed by atoms with Gasteiger partial charge in [0.05, 0.1) is 0 Å². The molecule has 0 spiro atoms. The van der Waals surface area contributed by atoms with Gasteiger partial charge >= 0.3 is 0 Å². The molecule has 0 aliphatic carbocycles. The number of benzene rings is 1. The van der Waals surface area contributed by atoms with Crippen LogP contribution in [0.3, 0.4) is 0 Å². The average molecular weight is 260 g/mol. The van der Waals surface area contributed by atoms with Crippen LogP contribution in [0.5, 0.6) is 0 Å². The summed E-state index contributed by atoms with van der Waals surface area (Å²) in [6.45, 7) is 1.83. The Morgan fingerprint density at radius 2 is 2.33 bits per heavy atom. The number of rotatable bonds is 2. The first-order valence-corrected chi connectivity index (χ1v) is 6.61. The molecule has 0 unspecified atom stereocenters. The van der Waals surface area contributed by atoms with E-state index in [-0.39, 0.29) is 5.91 Å². The molecule has 2 aromatic rings.